The number of nitrogens with zero attached hydrogens (tertiary/aromatic N) is 1. The molecule has 1 aromatic rings. The molecule has 1 saturated carbocycles. The minimum absolute atomic E-state index is 0.282. The van der Waals surface area contributed by atoms with Crippen molar-refractivity contribution in [2.75, 3.05) is 13.1 Å². The topological polar surface area (TPSA) is 60.8 Å². The summed E-state index contributed by atoms with van der Waals surface area (Å²) < 4.78 is 0. The summed E-state index contributed by atoms with van der Waals surface area (Å²) in [4.78, 5) is 14.3. The Hall–Kier alpha value is -1.39. The van der Waals surface area contributed by atoms with Gasteiger partial charge in [0.05, 0.1) is 11.0 Å². The summed E-state index contributed by atoms with van der Waals surface area (Å²) in [5.41, 5.74) is -0.774. The predicted octanol–water partition coefficient (Wildman–Crippen LogP) is 3.26. The highest BCUT2D eigenvalue weighted by molar-refractivity contribution is 5.76. The summed E-state index contributed by atoms with van der Waals surface area (Å²) in [6.45, 7) is 5.33. The molecule has 1 heterocycles. The molecule has 1 aliphatic heterocycles. The molecule has 2 atom stereocenters. The Morgan fingerprint density at radius 1 is 1.17 bits per heavy atom. The van der Waals surface area contributed by atoms with Crippen molar-refractivity contribution in [1.29, 1.82) is 0 Å². The van der Waals surface area contributed by atoms with Gasteiger partial charge in [-0.25, -0.2) is 0 Å². The Bertz CT molecular complexity index is 572. The average molecular weight is 331 g/mol. The van der Waals surface area contributed by atoms with Gasteiger partial charge < -0.3 is 15.1 Å². The molecule has 0 bridgehead atoms. The number of rotatable bonds is 4. The van der Waals surface area contributed by atoms with E-state index in [1.165, 1.54) is 5.56 Å². The highest BCUT2D eigenvalue weighted by atomic mass is 16.4. The second-order valence-electron chi connectivity index (χ2n) is 8.06. The van der Waals surface area contributed by atoms with Crippen LogP contribution in [0.15, 0.2) is 30.3 Å². The molecule has 1 aromatic carbocycles. The fraction of sp³-hybridized carbons (Fsp3) is 0.650. The third-order valence-corrected chi connectivity index (χ3v) is 6.39. The summed E-state index contributed by atoms with van der Waals surface area (Å²) in [5, 5.41) is 20.2. The van der Waals surface area contributed by atoms with Crippen LogP contribution in [0.5, 0.6) is 0 Å². The van der Waals surface area contributed by atoms with Crippen LogP contribution < -0.4 is 0 Å². The quantitative estimate of drug-likeness (QED) is 0.889. The number of benzene rings is 1. The van der Waals surface area contributed by atoms with Crippen LogP contribution >= 0.6 is 0 Å². The average Bonchev–Trinajstić information content (AvgIpc) is 3.03. The largest absolute Gasteiger partial charge is 0.481 e. The lowest BCUT2D eigenvalue weighted by atomic mass is 9.72. The number of aliphatic carboxylic acids is 1. The van der Waals surface area contributed by atoms with Gasteiger partial charge in [-0.05, 0) is 70.5 Å². The molecule has 2 unspecified atom stereocenters. The number of carbonyl (C=O) groups is 1. The van der Waals surface area contributed by atoms with Crippen molar-refractivity contribution in [1.82, 2.24) is 4.90 Å². The third kappa shape index (κ3) is 3.09. The van der Waals surface area contributed by atoms with Crippen LogP contribution in [0.2, 0.25) is 0 Å². The van der Waals surface area contributed by atoms with Crippen LogP contribution in [0.25, 0.3) is 0 Å². The molecule has 0 spiro atoms. The third-order valence-electron chi connectivity index (χ3n) is 6.39. The Balaban J connectivity index is 1.63. The van der Waals surface area contributed by atoms with E-state index in [0.29, 0.717) is 18.8 Å². The van der Waals surface area contributed by atoms with E-state index in [9.17, 15) is 15.0 Å². The standard InChI is InChI=1S/C20H29NO3/c1-19(2,24)20(18(22)23)11-8-17(14-20)21-12-9-16(10-13-21)15-6-4-3-5-7-15/h3-7,16-17,24H,8-14H2,1-2H3,(H,22,23). The molecular weight excluding hydrogens is 302 g/mol. The van der Waals surface area contributed by atoms with Crippen molar-refractivity contribution >= 4 is 5.97 Å². The molecule has 2 aliphatic rings. The van der Waals surface area contributed by atoms with Crippen molar-refractivity contribution in [2.45, 2.75) is 63.5 Å². The van der Waals surface area contributed by atoms with Crippen molar-refractivity contribution in [3.63, 3.8) is 0 Å². The predicted molar refractivity (Wildman–Crippen MR) is 94.0 cm³/mol. The summed E-state index contributed by atoms with van der Waals surface area (Å²) >= 11 is 0. The number of hydrogen-bond donors (Lipinski definition) is 2. The zero-order valence-corrected chi connectivity index (χ0v) is 14.7. The van der Waals surface area contributed by atoms with E-state index in [1.807, 2.05) is 0 Å². The van der Waals surface area contributed by atoms with E-state index in [-0.39, 0.29) is 6.04 Å². The van der Waals surface area contributed by atoms with E-state index in [1.54, 1.807) is 13.8 Å². The number of carboxylic acids is 1. The van der Waals surface area contributed by atoms with E-state index in [0.717, 1.165) is 32.4 Å². The zero-order chi connectivity index (χ0) is 17.4. The van der Waals surface area contributed by atoms with Crippen molar-refractivity contribution in [2.24, 2.45) is 5.41 Å². The van der Waals surface area contributed by atoms with Crippen LogP contribution in [0, 0.1) is 5.41 Å². The van der Waals surface area contributed by atoms with Gasteiger partial charge in [-0.2, -0.15) is 0 Å². The fourth-order valence-corrected chi connectivity index (χ4v) is 4.67. The van der Waals surface area contributed by atoms with E-state index < -0.39 is 17.0 Å². The Labute approximate surface area is 144 Å². The van der Waals surface area contributed by atoms with Gasteiger partial charge in [-0.15, -0.1) is 0 Å². The monoisotopic (exact) mass is 331 g/mol. The van der Waals surface area contributed by atoms with Gasteiger partial charge in [0.15, 0.2) is 0 Å². The molecule has 3 rings (SSSR count). The summed E-state index contributed by atoms with van der Waals surface area (Å²) in [7, 11) is 0. The highest BCUT2D eigenvalue weighted by Crippen LogP contribution is 2.48. The minimum Gasteiger partial charge on any atom is -0.481 e. The Morgan fingerprint density at radius 3 is 2.29 bits per heavy atom. The lowest BCUT2D eigenvalue weighted by molar-refractivity contribution is -0.165. The van der Waals surface area contributed by atoms with Gasteiger partial charge in [0, 0.05) is 6.04 Å². The summed E-state index contributed by atoms with van der Waals surface area (Å²) in [6.07, 6.45) is 4.25. The zero-order valence-electron chi connectivity index (χ0n) is 14.7. The molecule has 4 heteroatoms. The second-order valence-corrected chi connectivity index (χ2v) is 8.06. The van der Waals surface area contributed by atoms with Crippen LogP contribution in [0.4, 0.5) is 0 Å². The summed E-state index contributed by atoms with van der Waals surface area (Å²) in [5.74, 6) is -0.237. The maximum absolute atomic E-state index is 11.9. The SMILES string of the molecule is CC(C)(O)C1(C(=O)O)CCC(N2CCC(c3ccccc3)CC2)C1. The lowest BCUT2D eigenvalue weighted by Gasteiger charge is -2.39. The van der Waals surface area contributed by atoms with Gasteiger partial charge in [0.25, 0.3) is 0 Å². The number of carboxylic acid groups (broad SMARTS) is 1. The first-order valence-electron chi connectivity index (χ1n) is 9.08. The number of hydrogen-bond acceptors (Lipinski definition) is 3. The molecule has 0 aromatic heterocycles. The van der Waals surface area contributed by atoms with Crippen LogP contribution in [-0.2, 0) is 4.79 Å². The maximum Gasteiger partial charge on any atom is 0.312 e. The molecular formula is C20H29NO3. The fourth-order valence-electron chi connectivity index (χ4n) is 4.67. The van der Waals surface area contributed by atoms with Gasteiger partial charge in [-0.1, -0.05) is 30.3 Å². The van der Waals surface area contributed by atoms with Crippen molar-refractivity contribution < 1.29 is 15.0 Å². The van der Waals surface area contributed by atoms with Gasteiger partial charge in [-0.3, -0.25) is 4.79 Å². The molecule has 1 saturated heterocycles. The molecule has 2 fully saturated rings. The highest BCUT2D eigenvalue weighted by Gasteiger charge is 2.55. The molecule has 0 radical (unpaired) electrons. The number of likely N-dealkylation sites (tertiary alicyclic amines) is 1. The minimum atomic E-state index is -1.18. The van der Waals surface area contributed by atoms with Gasteiger partial charge >= 0.3 is 5.97 Å². The maximum atomic E-state index is 11.9. The molecule has 0 amide bonds. The molecule has 24 heavy (non-hydrogen) atoms. The lowest BCUT2D eigenvalue weighted by Crippen LogP contribution is -2.49. The number of aliphatic hydroxyl groups is 1. The first-order valence-corrected chi connectivity index (χ1v) is 9.08. The van der Waals surface area contributed by atoms with E-state index >= 15 is 0 Å². The van der Waals surface area contributed by atoms with Crippen LogP contribution in [0.3, 0.4) is 0 Å². The van der Waals surface area contributed by atoms with E-state index in [4.69, 9.17) is 0 Å². The number of piperidine rings is 1. The van der Waals surface area contributed by atoms with Gasteiger partial charge in [0.1, 0.15) is 0 Å². The normalized spacial score (nSPS) is 29.7. The second kappa shape index (κ2) is 6.49. The van der Waals surface area contributed by atoms with Crippen molar-refractivity contribution in [3.05, 3.63) is 35.9 Å². The van der Waals surface area contributed by atoms with Crippen molar-refractivity contribution in [3.8, 4) is 0 Å². The first-order chi connectivity index (χ1) is 11.3. The first kappa shape index (κ1) is 17.4. The molecule has 1 aliphatic carbocycles. The van der Waals surface area contributed by atoms with E-state index in [2.05, 4.69) is 35.2 Å². The van der Waals surface area contributed by atoms with Crippen LogP contribution in [-0.4, -0.2) is 45.8 Å². The smallest absolute Gasteiger partial charge is 0.312 e. The molecule has 2 N–H and O–H groups in total. The van der Waals surface area contributed by atoms with Crippen LogP contribution in [0.1, 0.15) is 57.4 Å². The Kier molecular flexibility index (Phi) is 4.71. The molecule has 4 nitrogen and oxygen atoms in total. The summed E-state index contributed by atoms with van der Waals surface area (Å²) in [6, 6.07) is 11.0. The molecule has 132 valence electrons. The Morgan fingerprint density at radius 2 is 1.79 bits per heavy atom. The van der Waals surface area contributed by atoms with Gasteiger partial charge in [0.2, 0.25) is 0 Å².